The monoisotopic (exact) mass is 371 g/mol. The number of thiophene rings is 1. The van der Waals surface area contributed by atoms with Crippen molar-refractivity contribution in [2.45, 2.75) is 45.4 Å². The molecule has 1 unspecified atom stereocenters. The Hall–Kier alpha value is -1.16. The second-order valence-electron chi connectivity index (χ2n) is 7.59. The fourth-order valence-corrected chi connectivity index (χ4v) is 4.64. The standard InChI is InChI=1S/C23H33NOS/c1-20(14-15-24-16-18-25-19-17-24)10-11-23-13-12-22(26-23)9-5-8-21-6-3-2-4-7-21/h2-4,6-7,12-13,20H,5,8-11,14-19H2,1H3. The first-order chi connectivity index (χ1) is 12.8. The van der Waals surface area contributed by atoms with Crippen molar-refractivity contribution in [1.82, 2.24) is 4.90 Å². The maximum Gasteiger partial charge on any atom is 0.0594 e. The van der Waals surface area contributed by atoms with E-state index in [4.69, 9.17) is 4.74 Å². The lowest BCUT2D eigenvalue weighted by Gasteiger charge is -2.27. The van der Waals surface area contributed by atoms with Gasteiger partial charge in [-0.2, -0.15) is 0 Å². The molecule has 2 nitrogen and oxygen atoms in total. The van der Waals surface area contributed by atoms with E-state index >= 15 is 0 Å². The summed E-state index contributed by atoms with van der Waals surface area (Å²) in [5, 5.41) is 0. The van der Waals surface area contributed by atoms with Crippen LogP contribution in [0.2, 0.25) is 0 Å². The lowest BCUT2D eigenvalue weighted by atomic mass is 10.0. The predicted molar refractivity (Wildman–Crippen MR) is 112 cm³/mol. The third-order valence-electron chi connectivity index (χ3n) is 5.37. The van der Waals surface area contributed by atoms with Crippen LogP contribution in [0.25, 0.3) is 0 Å². The molecule has 1 fully saturated rings. The van der Waals surface area contributed by atoms with Crippen LogP contribution < -0.4 is 0 Å². The number of hydrogen-bond donors (Lipinski definition) is 0. The summed E-state index contributed by atoms with van der Waals surface area (Å²) in [6, 6.07) is 15.5. The zero-order valence-corrected chi connectivity index (χ0v) is 17.0. The van der Waals surface area contributed by atoms with E-state index in [1.165, 1.54) is 50.6 Å². The number of ether oxygens (including phenoxy) is 1. The van der Waals surface area contributed by atoms with Crippen LogP contribution in [-0.2, 0) is 24.0 Å². The molecule has 3 rings (SSSR count). The maximum absolute atomic E-state index is 5.43. The van der Waals surface area contributed by atoms with Crippen LogP contribution in [0.1, 0.15) is 41.5 Å². The Morgan fingerprint density at radius 1 is 0.923 bits per heavy atom. The lowest BCUT2D eigenvalue weighted by molar-refractivity contribution is 0.0355. The zero-order valence-electron chi connectivity index (χ0n) is 16.2. The zero-order chi connectivity index (χ0) is 18.0. The highest BCUT2D eigenvalue weighted by Gasteiger charge is 2.12. The SMILES string of the molecule is CC(CCc1ccc(CCCc2ccccc2)s1)CCN1CCOCC1. The topological polar surface area (TPSA) is 12.5 Å². The van der Waals surface area contributed by atoms with Gasteiger partial charge in [0, 0.05) is 22.8 Å². The molecule has 1 aliphatic rings. The van der Waals surface area contributed by atoms with Crippen molar-refractivity contribution < 1.29 is 4.74 Å². The van der Waals surface area contributed by atoms with Crippen molar-refractivity contribution in [3.05, 3.63) is 57.8 Å². The van der Waals surface area contributed by atoms with Gasteiger partial charge < -0.3 is 4.74 Å². The normalized spacial score (nSPS) is 16.7. The van der Waals surface area contributed by atoms with Crippen LogP contribution >= 0.6 is 11.3 Å². The predicted octanol–water partition coefficient (Wildman–Crippen LogP) is 5.21. The van der Waals surface area contributed by atoms with Crippen molar-refractivity contribution in [2.24, 2.45) is 5.92 Å². The van der Waals surface area contributed by atoms with Crippen molar-refractivity contribution in [2.75, 3.05) is 32.8 Å². The van der Waals surface area contributed by atoms with Crippen LogP contribution in [-0.4, -0.2) is 37.7 Å². The van der Waals surface area contributed by atoms with Gasteiger partial charge in [0.05, 0.1) is 13.2 Å². The summed E-state index contributed by atoms with van der Waals surface area (Å²) < 4.78 is 5.43. The maximum atomic E-state index is 5.43. The summed E-state index contributed by atoms with van der Waals surface area (Å²) in [5.41, 5.74) is 1.46. The van der Waals surface area contributed by atoms with E-state index in [0.29, 0.717) is 0 Å². The Morgan fingerprint density at radius 2 is 1.65 bits per heavy atom. The third kappa shape index (κ3) is 6.86. The molecule has 0 spiro atoms. The molecule has 26 heavy (non-hydrogen) atoms. The molecule has 0 N–H and O–H groups in total. The highest BCUT2D eigenvalue weighted by Crippen LogP contribution is 2.22. The van der Waals surface area contributed by atoms with Gasteiger partial charge in [-0.3, -0.25) is 4.90 Å². The largest absolute Gasteiger partial charge is 0.379 e. The molecular formula is C23H33NOS. The number of hydrogen-bond acceptors (Lipinski definition) is 3. The second-order valence-corrected chi connectivity index (χ2v) is 8.85. The van der Waals surface area contributed by atoms with Gasteiger partial charge in [0.2, 0.25) is 0 Å². The molecule has 142 valence electrons. The van der Waals surface area contributed by atoms with E-state index in [1.54, 1.807) is 9.75 Å². The molecule has 2 heterocycles. The van der Waals surface area contributed by atoms with Gasteiger partial charge in [-0.05, 0) is 68.7 Å². The number of rotatable bonds is 10. The Balaban J connectivity index is 1.31. The van der Waals surface area contributed by atoms with E-state index in [0.717, 1.165) is 32.2 Å². The first-order valence-corrected chi connectivity index (χ1v) is 11.0. The molecule has 0 saturated carbocycles. The van der Waals surface area contributed by atoms with Gasteiger partial charge in [-0.15, -0.1) is 11.3 Å². The van der Waals surface area contributed by atoms with Gasteiger partial charge in [0.25, 0.3) is 0 Å². The summed E-state index contributed by atoms with van der Waals surface area (Å²) in [6.45, 7) is 7.70. The van der Waals surface area contributed by atoms with Crippen LogP contribution in [0, 0.1) is 5.92 Å². The Bertz CT molecular complexity index is 618. The van der Waals surface area contributed by atoms with E-state index in [-0.39, 0.29) is 0 Å². The van der Waals surface area contributed by atoms with Crippen LogP contribution in [0.5, 0.6) is 0 Å². The van der Waals surface area contributed by atoms with Crippen LogP contribution in [0.4, 0.5) is 0 Å². The second kappa shape index (κ2) is 10.9. The van der Waals surface area contributed by atoms with E-state index in [9.17, 15) is 0 Å². The highest BCUT2D eigenvalue weighted by molar-refractivity contribution is 7.11. The molecule has 2 aromatic rings. The first-order valence-electron chi connectivity index (χ1n) is 10.2. The Labute approximate surface area is 163 Å². The Morgan fingerprint density at radius 3 is 2.42 bits per heavy atom. The average molecular weight is 372 g/mol. The lowest BCUT2D eigenvalue weighted by Crippen LogP contribution is -2.37. The van der Waals surface area contributed by atoms with E-state index in [1.807, 2.05) is 11.3 Å². The van der Waals surface area contributed by atoms with Gasteiger partial charge in [-0.25, -0.2) is 0 Å². The van der Waals surface area contributed by atoms with Crippen molar-refractivity contribution in [3.63, 3.8) is 0 Å². The van der Waals surface area contributed by atoms with Crippen molar-refractivity contribution in [3.8, 4) is 0 Å². The molecule has 1 atom stereocenters. The number of aryl methyl sites for hydroxylation is 3. The molecular weight excluding hydrogens is 338 g/mol. The van der Waals surface area contributed by atoms with Gasteiger partial charge >= 0.3 is 0 Å². The van der Waals surface area contributed by atoms with E-state index in [2.05, 4.69) is 54.3 Å². The summed E-state index contributed by atoms with van der Waals surface area (Å²) in [7, 11) is 0. The molecule has 1 aliphatic heterocycles. The Kier molecular flexibility index (Phi) is 8.19. The van der Waals surface area contributed by atoms with Crippen molar-refractivity contribution >= 4 is 11.3 Å². The summed E-state index contributed by atoms with van der Waals surface area (Å²) >= 11 is 2.03. The van der Waals surface area contributed by atoms with Gasteiger partial charge in [-0.1, -0.05) is 37.3 Å². The average Bonchev–Trinajstić information content (AvgIpc) is 3.14. The molecule has 0 radical (unpaired) electrons. The minimum Gasteiger partial charge on any atom is -0.379 e. The molecule has 0 aliphatic carbocycles. The van der Waals surface area contributed by atoms with Crippen LogP contribution in [0.3, 0.4) is 0 Å². The molecule has 0 bridgehead atoms. The first kappa shape index (κ1) is 19.6. The summed E-state index contributed by atoms with van der Waals surface area (Å²) in [6.07, 6.45) is 7.52. The number of nitrogens with zero attached hydrogens (tertiary/aromatic N) is 1. The third-order valence-corrected chi connectivity index (χ3v) is 6.58. The molecule has 1 saturated heterocycles. The molecule has 0 amide bonds. The molecule has 3 heteroatoms. The van der Waals surface area contributed by atoms with Crippen molar-refractivity contribution in [1.29, 1.82) is 0 Å². The van der Waals surface area contributed by atoms with Gasteiger partial charge in [0.1, 0.15) is 0 Å². The number of benzene rings is 1. The number of morpholine rings is 1. The van der Waals surface area contributed by atoms with E-state index < -0.39 is 0 Å². The molecule has 1 aromatic carbocycles. The summed E-state index contributed by atoms with van der Waals surface area (Å²) in [5.74, 6) is 0.807. The molecule has 1 aromatic heterocycles. The minimum absolute atomic E-state index is 0.807. The quantitative estimate of drug-likeness (QED) is 0.568. The highest BCUT2D eigenvalue weighted by atomic mass is 32.1. The van der Waals surface area contributed by atoms with Gasteiger partial charge in [0.15, 0.2) is 0 Å². The fraction of sp³-hybridized carbons (Fsp3) is 0.565. The van der Waals surface area contributed by atoms with Crippen LogP contribution in [0.15, 0.2) is 42.5 Å². The minimum atomic E-state index is 0.807. The fourth-order valence-electron chi connectivity index (χ4n) is 3.56. The summed E-state index contributed by atoms with van der Waals surface area (Å²) in [4.78, 5) is 5.67. The smallest absolute Gasteiger partial charge is 0.0594 e.